The highest BCUT2D eigenvalue weighted by molar-refractivity contribution is 5.75. The van der Waals surface area contributed by atoms with E-state index in [9.17, 15) is 4.79 Å². The van der Waals surface area contributed by atoms with Crippen molar-refractivity contribution in [2.45, 2.75) is 45.2 Å². The lowest BCUT2D eigenvalue weighted by Gasteiger charge is -2.30. The van der Waals surface area contributed by atoms with Crippen LogP contribution in [0.15, 0.2) is 0 Å². The summed E-state index contributed by atoms with van der Waals surface area (Å²) in [5, 5.41) is 0. The van der Waals surface area contributed by atoms with Gasteiger partial charge in [-0.2, -0.15) is 0 Å². The maximum atomic E-state index is 11.7. The third kappa shape index (κ3) is 4.94. The molecule has 0 aliphatic carbocycles. The zero-order valence-corrected chi connectivity index (χ0v) is 11.2. The SMILES string of the molecule is CCCCC(C(=O)OC)N(C)C(C)COC. The van der Waals surface area contributed by atoms with Gasteiger partial charge in [-0.3, -0.25) is 9.69 Å². The number of carbonyl (C=O) groups excluding carboxylic acids is 1. The summed E-state index contributed by atoms with van der Waals surface area (Å²) in [4.78, 5) is 13.7. The number of hydrogen-bond donors (Lipinski definition) is 0. The van der Waals surface area contributed by atoms with Crippen molar-refractivity contribution in [3.8, 4) is 0 Å². The predicted molar refractivity (Wildman–Crippen MR) is 64.4 cm³/mol. The number of hydrogen-bond acceptors (Lipinski definition) is 4. The van der Waals surface area contributed by atoms with Crippen LogP contribution in [0.25, 0.3) is 0 Å². The number of carbonyl (C=O) groups is 1. The van der Waals surface area contributed by atoms with Crippen molar-refractivity contribution in [1.82, 2.24) is 4.90 Å². The van der Waals surface area contributed by atoms with E-state index >= 15 is 0 Å². The summed E-state index contributed by atoms with van der Waals surface area (Å²) in [6.45, 7) is 4.79. The minimum atomic E-state index is -0.157. The molecule has 0 spiro atoms. The van der Waals surface area contributed by atoms with Gasteiger partial charge in [0.1, 0.15) is 6.04 Å². The number of unbranched alkanes of at least 4 members (excludes halogenated alkanes) is 1. The third-order valence-corrected chi connectivity index (χ3v) is 2.90. The van der Waals surface area contributed by atoms with Gasteiger partial charge < -0.3 is 9.47 Å². The number of ether oxygens (including phenoxy) is 2. The fourth-order valence-electron chi connectivity index (χ4n) is 1.69. The second kappa shape index (κ2) is 8.53. The Kier molecular flexibility index (Phi) is 8.21. The summed E-state index contributed by atoms with van der Waals surface area (Å²) in [6.07, 6.45) is 2.96. The molecule has 0 aromatic heterocycles. The van der Waals surface area contributed by atoms with Crippen LogP contribution in [0.5, 0.6) is 0 Å². The lowest BCUT2D eigenvalue weighted by Crippen LogP contribution is -2.45. The van der Waals surface area contributed by atoms with E-state index in [1.165, 1.54) is 7.11 Å². The molecule has 0 aliphatic rings. The third-order valence-electron chi connectivity index (χ3n) is 2.90. The molecule has 2 unspecified atom stereocenters. The van der Waals surface area contributed by atoms with Gasteiger partial charge in [-0.25, -0.2) is 0 Å². The maximum absolute atomic E-state index is 11.7. The lowest BCUT2D eigenvalue weighted by atomic mass is 10.1. The van der Waals surface area contributed by atoms with Crippen LogP contribution in [0, 0.1) is 0 Å². The molecule has 0 fully saturated rings. The molecule has 0 rings (SSSR count). The van der Waals surface area contributed by atoms with Crippen molar-refractivity contribution in [3.63, 3.8) is 0 Å². The summed E-state index contributed by atoms with van der Waals surface area (Å²) < 4.78 is 9.94. The number of rotatable bonds is 8. The van der Waals surface area contributed by atoms with Gasteiger partial charge in [-0.1, -0.05) is 19.8 Å². The normalized spacial score (nSPS) is 14.9. The number of esters is 1. The van der Waals surface area contributed by atoms with Crippen LogP contribution in [0.1, 0.15) is 33.1 Å². The van der Waals surface area contributed by atoms with Crippen molar-refractivity contribution < 1.29 is 14.3 Å². The van der Waals surface area contributed by atoms with E-state index in [2.05, 4.69) is 6.92 Å². The Hall–Kier alpha value is -0.610. The minimum Gasteiger partial charge on any atom is -0.468 e. The summed E-state index contributed by atoms with van der Waals surface area (Å²) in [5.41, 5.74) is 0. The van der Waals surface area contributed by atoms with Crippen molar-refractivity contribution in [2.75, 3.05) is 27.9 Å². The summed E-state index contributed by atoms with van der Waals surface area (Å²) in [6, 6.07) is 0.0565. The van der Waals surface area contributed by atoms with E-state index in [-0.39, 0.29) is 18.1 Å². The van der Waals surface area contributed by atoms with Gasteiger partial charge in [-0.15, -0.1) is 0 Å². The standard InChI is InChI=1S/C12H25NO3/c1-6-7-8-11(12(14)16-5)13(3)10(2)9-15-4/h10-11H,6-9H2,1-5H3. The molecule has 0 aromatic rings. The average Bonchev–Trinajstić information content (AvgIpc) is 2.29. The molecule has 0 amide bonds. The monoisotopic (exact) mass is 231 g/mol. The number of likely N-dealkylation sites (N-methyl/N-ethyl adjacent to an activating group) is 1. The van der Waals surface area contributed by atoms with Gasteiger partial charge in [0.05, 0.1) is 13.7 Å². The molecule has 4 heteroatoms. The first-order valence-electron chi connectivity index (χ1n) is 5.87. The van der Waals surface area contributed by atoms with Crippen molar-refractivity contribution in [2.24, 2.45) is 0 Å². The Morgan fingerprint density at radius 1 is 1.38 bits per heavy atom. The van der Waals surface area contributed by atoms with Gasteiger partial charge in [0.25, 0.3) is 0 Å². The zero-order chi connectivity index (χ0) is 12.6. The van der Waals surface area contributed by atoms with Crippen molar-refractivity contribution >= 4 is 5.97 Å². The van der Waals surface area contributed by atoms with E-state index in [1.807, 2.05) is 18.9 Å². The first-order valence-corrected chi connectivity index (χ1v) is 5.87. The summed E-state index contributed by atoms with van der Waals surface area (Å²) >= 11 is 0. The van der Waals surface area contributed by atoms with Crippen LogP contribution in [0.3, 0.4) is 0 Å². The predicted octanol–water partition coefficient (Wildman–Crippen LogP) is 1.68. The molecule has 2 atom stereocenters. The Bertz CT molecular complexity index is 197. The topological polar surface area (TPSA) is 38.8 Å². The lowest BCUT2D eigenvalue weighted by molar-refractivity contribution is -0.148. The average molecular weight is 231 g/mol. The maximum Gasteiger partial charge on any atom is 0.323 e. The Balaban J connectivity index is 4.41. The quantitative estimate of drug-likeness (QED) is 0.596. The summed E-state index contributed by atoms with van der Waals surface area (Å²) in [7, 11) is 5.06. The molecule has 0 radical (unpaired) electrons. The molecule has 0 aliphatic heterocycles. The highest BCUT2D eigenvalue weighted by atomic mass is 16.5. The van der Waals surface area contributed by atoms with E-state index < -0.39 is 0 Å². The largest absolute Gasteiger partial charge is 0.468 e. The molecule has 0 bridgehead atoms. The van der Waals surface area contributed by atoms with Gasteiger partial charge in [0.2, 0.25) is 0 Å². The van der Waals surface area contributed by atoms with Crippen molar-refractivity contribution in [1.29, 1.82) is 0 Å². The molecule has 0 aromatic carbocycles. The van der Waals surface area contributed by atoms with E-state index in [1.54, 1.807) is 7.11 Å². The van der Waals surface area contributed by atoms with Gasteiger partial charge in [0, 0.05) is 13.2 Å². The Labute approximate surface area is 98.9 Å². The van der Waals surface area contributed by atoms with Gasteiger partial charge >= 0.3 is 5.97 Å². The van der Waals surface area contributed by atoms with E-state index in [0.717, 1.165) is 19.3 Å². The van der Waals surface area contributed by atoms with Crippen LogP contribution >= 0.6 is 0 Å². The highest BCUT2D eigenvalue weighted by Gasteiger charge is 2.26. The fourth-order valence-corrected chi connectivity index (χ4v) is 1.69. The fraction of sp³-hybridized carbons (Fsp3) is 0.917. The smallest absolute Gasteiger partial charge is 0.323 e. The first-order chi connectivity index (χ1) is 7.58. The molecular weight excluding hydrogens is 206 g/mol. The molecule has 0 saturated carbocycles. The number of nitrogens with zero attached hydrogens (tertiary/aromatic N) is 1. The Morgan fingerprint density at radius 2 is 2.00 bits per heavy atom. The van der Waals surface area contributed by atoms with Crippen LogP contribution in [-0.2, 0) is 14.3 Å². The number of methoxy groups -OCH3 is 2. The van der Waals surface area contributed by atoms with E-state index in [4.69, 9.17) is 9.47 Å². The van der Waals surface area contributed by atoms with Gasteiger partial charge in [-0.05, 0) is 20.4 Å². The molecule has 16 heavy (non-hydrogen) atoms. The van der Waals surface area contributed by atoms with Crippen LogP contribution in [0.2, 0.25) is 0 Å². The molecule has 4 nitrogen and oxygen atoms in total. The summed E-state index contributed by atoms with van der Waals surface area (Å²) in [5.74, 6) is -0.154. The van der Waals surface area contributed by atoms with Crippen molar-refractivity contribution in [3.05, 3.63) is 0 Å². The van der Waals surface area contributed by atoms with E-state index in [0.29, 0.717) is 6.61 Å². The molecule has 0 heterocycles. The van der Waals surface area contributed by atoms with Crippen LogP contribution in [-0.4, -0.2) is 50.8 Å². The molecule has 0 N–H and O–H groups in total. The van der Waals surface area contributed by atoms with Crippen LogP contribution < -0.4 is 0 Å². The second-order valence-corrected chi connectivity index (χ2v) is 4.15. The molecule has 96 valence electrons. The molecular formula is C12H25NO3. The second-order valence-electron chi connectivity index (χ2n) is 4.15. The van der Waals surface area contributed by atoms with Gasteiger partial charge in [0.15, 0.2) is 0 Å². The Morgan fingerprint density at radius 3 is 2.44 bits per heavy atom. The van der Waals surface area contributed by atoms with Crippen LogP contribution in [0.4, 0.5) is 0 Å². The first kappa shape index (κ1) is 15.4. The zero-order valence-electron chi connectivity index (χ0n) is 11.2. The minimum absolute atomic E-state index is 0.154. The highest BCUT2D eigenvalue weighted by Crippen LogP contribution is 2.12. The molecule has 0 saturated heterocycles.